The van der Waals surface area contributed by atoms with Crippen molar-refractivity contribution in [2.75, 3.05) is 13.1 Å². The van der Waals surface area contributed by atoms with E-state index in [4.69, 9.17) is 5.73 Å². The van der Waals surface area contributed by atoms with Gasteiger partial charge in [0, 0.05) is 0 Å². The van der Waals surface area contributed by atoms with Crippen molar-refractivity contribution in [2.24, 2.45) is 5.73 Å². The van der Waals surface area contributed by atoms with Crippen LogP contribution in [0.1, 0.15) is 10.6 Å². The number of hydrogen-bond acceptors (Lipinski definition) is 5. The molecule has 7 nitrogen and oxygen atoms in total. The van der Waals surface area contributed by atoms with E-state index in [1.165, 1.54) is 0 Å². The van der Waals surface area contributed by atoms with E-state index in [2.05, 4.69) is 4.42 Å². The summed E-state index contributed by atoms with van der Waals surface area (Å²) in [5.41, 5.74) is 4.76. The highest BCUT2D eigenvalue weighted by molar-refractivity contribution is 5.91. The van der Waals surface area contributed by atoms with E-state index in [1.807, 2.05) is 5.32 Å². The first kappa shape index (κ1) is 16.3. The van der Waals surface area contributed by atoms with Gasteiger partial charge >= 0.3 is 5.88 Å². The van der Waals surface area contributed by atoms with Gasteiger partial charge in [0.05, 0.1) is 19.2 Å². The highest BCUT2D eigenvalue weighted by atomic mass is 35.5. The maximum atomic E-state index is 12.7. The Balaban J connectivity index is 0.00000289. The molecule has 0 radical (unpaired) electrons. The van der Waals surface area contributed by atoms with Crippen molar-refractivity contribution in [3.05, 3.63) is 28.0 Å². The number of nitrogens with one attached hydrogen (secondary N) is 1. The maximum Gasteiger partial charge on any atom is 0.433 e. The molecule has 1 aromatic heterocycles. The van der Waals surface area contributed by atoms with Crippen LogP contribution in [-0.4, -0.2) is 29.8 Å². The van der Waals surface area contributed by atoms with Gasteiger partial charge in [0.1, 0.15) is 4.92 Å². The van der Waals surface area contributed by atoms with E-state index in [-0.39, 0.29) is 12.4 Å². The maximum absolute atomic E-state index is 12.7. The standard InChI is InChI=1S/C8H9F2N3O4.ClH/c9-8(10,3-11)4-12-7(14)5-1-2-6(17-5)13(15)16;/h1-2H,3-4,11H2,(H,12,14);1H. The Morgan fingerprint density at radius 2 is 2.17 bits per heavy atom. The first-order valence-corrected chi connectivity index (χ1v) is 4.46. The molecule has 0 bridgehead atoms. The third kappa shape index (κ3) is 4.26. The predicted molar refractivity (Wildman–Crippen MR) is 58.9 cm³/mol. The molecule has 0 aromatic carbocycles. The Bertz CT molecular complexity index is 438. The lowest BCUT2D eigenvalue weighted by Crippen LogP contribution is -2.41. The van der Waals surface area contributed by atoms with E-state index < -0.39 is 41.5 Å². The van der Waals surface area contributed by atoms with E-state index >= 15 is 0 Å². The summed E-state index contributed by atoms with van der Waals surface area (Å²) in [6.07, 6.45) is 0. The van der Waals surface area contributed by atoms with Gasteiger partial charge in [0.15, 0.2) is 5.76 Å². The van der Waals surface area contributed by atoms with Crippen molar-refractivity contribution in [1.29, 1.82) is 0 Å². The second-order valence-electron chi connectivity index (χ2n) is 3.14. The topological polar surface area (TPSA) is 111 Å². The number of hydrogen-bond donors (Lipinski definition) is 2. The van der Waals surface area contributed by atoms with Gasteiger partial charge in [-0.3, -0.25) is 14.9 Å². The van der Waals surface area contributed by atoms with E-state index in [9.17, 15) is 23.7 Å². The quantitative estimate of drug-likeness (QED) is 0.617. The number of carbonyl (C=O) groups is 1. The monoisotopic (exact) mass is 285 g/mol. The van der Waals surface area contributed by atoms with Gasteiger partial charge in [-0.1, -0.05) is 0 Å². The van der Waals surface area contributed by atoms with Crippen LogP contribution in [0, 0.1) is 10.1 Å². The summed E-state index contributed by atoms with van der Waals surface area (Å²) in [7, 11) is 0. The van der Waals surface area contributed by atoms with Gasteiger partial charge < -0.3 is 15.5 Å². The smallest absolute Gasteiger partial charge is 0.395 e. The number of nitrogens with zero attached hydrogens (tertiary/aromatic N) is 1. The van der Waals surface area contributed by atoms with Gasteiger partial charge in [0.25, 0.3) is 11.8 Å². The fourth-order valence-corrected chi connectivity index (χ4v) is 0.917. The fourth-order valence-electron chi connectivity index (χ4n) is 0.917. The van der Waals surface area contributed by atoms with Crippen LogP contribution in [0.15, 0.2) is 16.5 Å². The molecule has 1 amide bonds. The zero-order chi connectivity index (χ0) is 13.1. The normalized spacial score (nSPS) is 10.6. The van der Waals surface area contributed by atoms with Crippen molar-refractivity contribution in [2.45, 2.75) is 5.92 Å². The minimum Gasteiger partial charge on any atom is -0.395 e. The van der Waals surface area contributed by atoms with Crippen LogP contribution >= 0.6 is 12.4 Å². The molecular formula is C8H10ClF2N3O4. The Labute approximate surface area is 106 Å². The van der Waals surface area contributed by atoms with Crippen LogP contribution < -0.4 is 11.1 Å². The molecule has 1 heterocycles. The molecule has 0 aliphatic carbocycles. The van der Waals surface area contributed by atoms with Crippen LogP contribution in [0.3, 0.4) is 0 Å². The summed E-state index contributed by atoms with van der Waals surface area (Å²) in [4.78, 5) is 20.6. The number of nitro groups is 1. The summed E-state index contributed by atoms with van der Waals surface area (Å²) in [5, 5.41) is 12.1. The molecule has 102 valence electrons. The van der Waals surface area contributed by atoms with Crippen LogP contribution in [0.25, 0.3) is 0 Å². The van der Waals surface area contributed by atoms with Crippen molar-refractivity contribution in [3.63, 3.8) is 0 Å². The molecule has 0 aliphatic heterocycles. The van der Waals surface area contributed by atoms with E-state index in [0.29, 0.717) is 0 Å². The summed E-state index contributed by atoms with van der Waals surface area (Å²) in [6, 6.07) is 1.98. The lowest BCUT2D eigenvalue weighted by atomic mass is 10.3. The summed E-state index contributed by atoms with van der Waals surface area (Å²) in [6.45, 7) is -1.87. The third-order valence-corrected chi connectivity index (χ3v) is 1.80. The molecule has 3 N–H and O–H groups in total. The highest BCUT2D eigenvalue weighted by Gasteiger charge is 2.28. The number of alkyl halides is 2. The van der Waals surface area contributed by atoms with Gasteiger partial charge in [-0.25, -0.2) is 8.78 Å². The third-order valence-electron chi connectivity index (χ3n) is 1.80. The minimum absolute atomic E-state index is 0. The SMILES string of the molecule is Cl.NCC(F)(F)CNC(=O)c1ccc([N+](=O)[O-])o1. The molecule has 0 aliphatic rings. The van der Waals surface area contributed by atoms with Crippen molar-refractivity contribution in [1.82, 2.24) is 5.32 Å². The van der Waals surface area contributed by atoms with Crippen molar-refractivity contribution in [3.8, 4) is 0 Å². The van der Waals surface area contributed by atoms with Crippen molar-refractivity contribution >= 4 is 24.2 Å². The second kappa shape index (κ2) is 6.26. The van der Waals surface area contributed by atoms with Crippen molar-refractivity contribution < 1.29 is 22.9 Å². The number of nitrogens with two attached hydrogens (primary N) is 1. The molecule has 1 aromatic rings. The number of amides is 1. The summed E-state index contributed by atoms with van der Waals surface area (Å²) < 4.78 is 29.9. The van der Waals surface area contributed by atoms with Crippen LogP contribution in [-0.2, 0) is 0 Å². The first-order valence-electron chi connectivity index (χ1n) is 4.46. The average molecular weight is 286 g/mol. The van der Waals surface area contributed by atoms with Crippen LogP contribution in [0.5, 0.6) is 0 Å². The number of carbonyl (C=O) groups excluding carboxylic acids is 1. The van der Waals surface area contributed by atoms with E-state index in [0.717, 1.165) is 12.1 Å². The first-order chi connectivity index (χ1) is 7.85. The van der Waals surface area contributed by atoms with Gasteiger partial charge in [0.2, 0.25) is 0 Å². The lowest BCUT2D eigenvalue weighted by Gasteiger charge is -2.13. The largest absolute Gasteiger partial charge is 0.433 e. The molecule has 0 saturated heterocycles. The molecule has 10 heteroatoms. The molecule has 1 rings (SSSR count). The molecule has 0 saturated carbocycles. The molecule has 0 fully saturated rings. The zero-order valence-electron chi connectivity index (χ0n) is 8.89. The molecule has 0 unspecified atom stereocenters. The Kier molecular flexibility index (Phi) is 5.66. The van der Waals surface area contributed by atoms with E-state index in [1.54, 1.807) is 0 Å². The Morgan fingerprint density at radius 3 is 2.61 bits per heavy atom. The number of rotatable bonds is 5. The number of halogens is 3. The summed E-state index contributed by atoms with van der Waals surface area (Å²) in [5.74, 6) is -5.25. The molecular weight excluding hydrogens is 276 g/mol. The predicted octanol–water partition coefficient (Wildman–Crippen LogP) is 0.933. The minimum atomic E-state index is -3.23. The van der Waals surface area contributed by atoms with Gasteiger partial charge in [-0.15, -0.1) is 12.4 Å². The fraction of sp³-hybridized carbons (Fsp3) is 0.375. The lowest BCUT2D eigenvalue weighted by molar-refractivity contribution is -0.402. The zero-order valence-corrected chi connectivity index (χ0v) is 9.71. The Morgan fingerprint density at radius 1 is 1.56 bits per heavy atom. The molecule has 0 atom stereocenters. The Hall–Kier alpha value is -1.74. The van der Waals surface area contributed by atoms with Crippen LogP contribution in [0.4, 0.5) is 14.7 Å². The highest BCUT2D eigenvalue weighted by Crippen LogP contribution is 2.16. The average Bonchev–Trinajstić information content (AvgIpc) is 2.75. The number of furan rings is 1. The summed E-state index contributed by atoms with van der Waals surface area (Å²) >= 11 is 0. The molecule has 0 spiro atoms. The molecule has 18 heavy (non-hydrogen) atoms. The van der Waals surface area contributed by atoms with Gasteiger partial charge in [-0.05, 0) is 6.07 Å². The van der Waals surface area contributed by atoms with Crippen LogP contribution in [0.2, 0.25) is 0 Å². The van der Waals surface area contributed by atoms with Gasteiger partial charge in [-0.2, -0.15) is 0 Å². The second-order valence-corrected chi connectivity index (χ2v) is 3.14.